The maximum Gasteiger partial charge on any atom is 0.268 e. The van der Waals surface area contributed by atoms with E-state index in [1.807, 2.05) is 6.07 Å². The first-order valence-corrected chi connectivity index (χ1v) is 6.85. The van der Waals surface area contributed by atoms with Gasteiger partial charge in [-0.3, -0.25) is 9.59 Å². The first kappa shape index (κ1) is 12.9. The van der Waals surface area contributed by atoms with Gasteiger partial charge in [-0.25, -0.2) is 0 Å². The van der Waals surface area contributed by atoms with E-state index in [0.717, 1.165) is 4.47 Å². The molecule has 1 aliphatic heterocycles. The molecule has 0 aliphatic carbocycles. The molecule has 5 nitrogen and oxygen atoms in total. The summed E-state index contributed by atoms with van der Waals surface area (Å²) in [5.74, 6) is 0.0912. The maximum absolute atomic E-state index is 12.3. The fourth-order valence-corrected chi connectivity index (χ4v) is 2.42. The second-order valence-electron chi connectivity index (χ2n) is 4.43. The number of fused-ring (bicyclic) bond motifs is 1. The van der Waals surface area contributed by atoms with E-state index in [1.54, 1.807) is 30.5 Å². The molecule has 0 fully saturated rings. The van der Waals surface area contributed by atoms with Crippen LogP contribution in [0.1, 0.15) is 20.8 Å². The van der Waals surface area contributed by atoms with Crippen molar-refractivity contribution in [2.75, 3.05) is 6.61 Å². The monoisotopic (exact) mass is 334 g/mol. The Morgan fingerprint density at radius 2 is 2.20 bits per heavy atom. The topological polar surface area (TPSA) is 71.2 Å². The van der Waals surface area contributed by atoms with Gasteiger partial charge >= 0.3 is 0 Å². The number of halogens is 1. The number of H-pyrrole nitrogens is 1. The van der Waals surface area contributed by atoms with E-state index in [0.29, 0.717) is 17.0 Å². The van der Waals surface area contributed by atoms with E-state index in [9.17, 15) is 9.59 Å². The lowest BCUT2D eigenvalue weighted by atomic mass is 10.0. The molecule has 1 aliphatic rings. The van der Waals surface area contributed by atoms with E-state index in [4.69, 9.17) is 4.74 Å². The van der Waals surface area contributed by atoms with Crippen LogP contribution in [0.25, 0.3) is 0 Å². The molecule has 1 atom stereocenters. The molecule has 3 rings (SSSR count). The van der Waals surface area contributed by atoms with Gasteiger partial charge in [-0.2, -0.15) is 0 Å². The van der Waals surface area contributed by atoms with E-state index in [2.05, 4.69) is 26.2 Å². The quantitative estimate of drug-likeness (QED) is 0.883. The minimum atomic E-state index is -0.667. The smallest absolute Gasteiger partial charge is 0.268 e. The summed E-state index contributed by atoms with van der Waals surface area (Å²) in [6.45, 7) is 0.142. The zero-order valence-electron chi connectivity index (χ0n) is 10.4. The molecule has 0 radical (unpaired) electrons. The number of aromatic nitrogens is 1. The summed E-state index contributed by atoms with van der Waals surface area (Å²) < 4.78 is 6.27. The predicted octanol–water partition coefficient (Wildman–Crippen LogP) is 2.15. The van der Waals surface area contributed by atoms with Crippen LogP contribution in [0.15, 0.2) is 41.0 Å². The Labute approximate surface area is 123 Å². The van der Waals surface area contributed by atoms with Crippen molar-refractivity contribution in [2.45, 2.75) is 6.04 Å². The summed E-state index contributed by atoms with van der Waals surface area (Å²) >= 11 is 3.26. The van der Waals surface area contributed by atoms with Gasteiger partial charge in [0.1, 0.15) is 24.1 Å². The Hall–Kier alpha value is -2.08. The predicted molar refractivity (Wildman–Crippen MR) is 76.0 cm³/mol. The van der Waals surface area contributed by atoms with Gasteiger partial charge in [0.2, 0.25) is 0 Å². The number of benzene rings is 1. The SMILES string of the molecule is O=C(NC1COc2ccccc2C1=O)c1cc(Br)c[nH]1. The van der Waals surface area contributed by atoms with Gasteiger partial charge < -0.3 is 15.0 Å². The van der Waals surface area contributed by atoms with Crippen LogP contribution in [0.4, 0.5) is 0 Å². The summed E-state index contributed by atoms with van der Waals surface area (Å²) in [6, 6.07) is 8.00. The Kier molecular flexibility index (Phi) is 3.31. The molecule has 2 heterocycles. The van der Waals surface area contributed by atoms with Crippen LogP contribution in [0.3, 0.4) is 0 Å². The number of hydrogen-bond donors (Lipinski definition) is 2. The zero-order valence-corrected chi connectivity index (χ0v) is 11.9. The number of para-hydroxylation sites is 1. The largest absolute Gasteiger partial charge is 0.490 e. The minimum absolute atomic E-state index is 0.133. The molecule has 20 heavy (non-hydrogen) atoms. The van der Waals surface area contributed by atoms with Crippen LogP contribution in [0.2, 0.25) is 0 Å². The Balaban J connectivity index is 1.77. The minimum Gasteiger partial charge on any atom is -0.490 e. The number of Topliss-reactive ketones (excluding diaryl/α,β-unsaturated/α-hetero) is 1. The van der Waals surface area contributed by atoms with Crippen LogP contribution in [-0.2, 0) is 0 Å². The average Bonchev–Trinajstić information content (AvgIpc) is 2.89. The average molecular weight is 335 g/mol. The third kappa shape index (κ3) is 2.34. The zero-order chi connectivity index (χ0) is 14.1. The van der Waals surface area contributed by atoms with E-state index in [-0.39, 0.29) is 18.3 Å². The van der Waals surface area contributed by atoms with Crippen molar-refractivity contribution in [1.82, 2.24) is 10.3 Å². The summed E-state index contributed by atoms with van der Waals surface area (Å²) in [4.78, 5) is 27.1. The number of ketones is 1. The number of carbonyl (C=O) groups is 2. The third-order valence-electron chi connectivity index (χ3n) is 3.07. The highest BCUT2D eigenvalue weighted by Gasteiger charge is 2.30. The number of nitrogens with one attached hydrogen (secondary N) is 2. The normalized spacial score (nSPS) is 17.2. The number of aromatic amines is 1. The molecular formula is C14H11BrN2O3. The highest BCUT2D eigenvalue weighted by molar-refractivity contribution is 9.10. The molecule has 1 aromatic carbocycles. The van der Waals surface area contributed by atoms with Crippen molar-refractivity contribution in [3.8, 4) is 5.75 Å². The first-order valence-electron chi connectivity index (χ1n) is 6.06. The molecule has 0 saturated carbocycles. The van der Waals surface area contributed by atoms with Gasteiger partial charge in [-0.05, 0) is 34.1 Å². The number of ether oxygens (including phenoxy) is 1. The Morgan fingerprint density at radius 1 is 1.40 bits per heavy atom. The van der Waals surface area contributed by atoms with Crippen LogP contribution in [0.5, 0.6) is 5.75 Å². The van der Waals surface area contributed by atoms with Crippen molar-refractivity contribution in [3.63, 3.8) is 0 Å². The van der Waals surface area contributed by atoms with Crippen molar-refractivity contribution >= 4 is 27.6 Å². The lowest BCUT2D eigenvalue weighted by Crippen LogP contribution is -2.47. The van der Waals surface area contributed by atoms with Crippen LogP contribution < -0.4 is 10.1 Å². The van der Waals surface area contributed by atoms with Crippen molar-refractivity contribution in [3.05, 3.63) is 52.3 Å². The van der Waals surface area contributed by atoms with E-state index in [1.165, 1.54) is 0 Å². The molecule has 2 aromatic rings. The van der Waals surface area contributed by atoms with Gasteiger partial charge in [0.15, 0.2) is 5.78 Å². The summed E-state index contributed by atoms with van der Waals surface area (Å²) in [5.41, 5.74) is 0.889. The molecule has 1 aromatic heterocycles. The van der Waals surface area contributed by atoms with E-state index < -0.39 is 6.04 Å². The third-order valence-corrected chi connectivity index (χ3v) is 3.53. The lowest BCUT2D eigenvalue weighted by Gasteiger charge is -2.24. The van der Waals surface area contributed by atoms with Crippen molar-refractivity contribution in [2.24, 2.45) is 0 Å². The van der Waals surface area contributed by atoms with Crippen molar-refractivity contribution in [1.29, 1.82) is 0 Å². The van der Waals surface area contributed by atoms with Crippen molar-refractivity contribution < 1.29 is 14.3 Å². The second-order valence-corrected chi connectivity index (χ2v) is 5.34. The van der Waals surface area contributed by atoms with Crippen LogP contribution in [-0.4, -0.2) is 29.3 Å². The fraction of sp³-hybridized carbons (Fsp3) is 0.143. The van der Waals surface area contributed by atoms with Gasteiger partial charge in [0.25, 0.3) is 5.91 Å². The Bertz CT molecular complexity index is 681. The standard InChI is InChI=1S/C14H11BrN2O3/c15-8-5-10(16-6-8)14(19)17-11-7-20-12-4-2-1-3-9(12)13(11)18/h1-6,11,16H,7H2,(H,17,19). The molecule has 2 N–H and O–H groups in total. The highest BCUT2D eigenvalue weighted by Crippen LogP contribution is 2.24. The summed E-state index contributed by atoms with van der Waals surface area (Å²) in [5, 5.41) is 2.67. The number of hydrogen-bond acceptors (Lipinski definition) is 3. The maximum atomic E-state index is 12.3. The number of amides is 1. The molecule has 1 amide bonds. The van der Waals surface area contributed by atoms with Gasteiger partial charge in [0.05, 0.1) is 5.56 Å². The van der Waals surface area contributed by atoms with Gasteiger partial charge in [-0.15, -0.1) is 0 Å². The molecule has 102 valence electrons. The number of carbonyl (C=O) groups excluding carboxylic acids is 2. The number of rotatable bonds is 2. The molecule has 1 unspecified atom stereocenters. The molecule has 0 spiro atoms. The fourth-order valence-electron chi connectivity index (χ4n) is 2.07. The van der Waals surface area contributed by atoms with Gasteiger partial charge in [0, 0.05) is 10.7 Å². The summed E-state index contributed by atoms with van der Waals surface area (Å²) in [6.07, 6.45) is 1.66. The van der Waals surface area contributed by atoms with Crippen LogP contribution in [0, 0.1) is 0 Å². The van der Waals surface area contributed by atoms with Gasteiger partial charge in [-0.1, -0.05) is 12.1 Å². The molecule has 0 bridgehead atoms. The summed E-state index contributed by atoms with van der Waals surface area (Å²) in [7, 11) is 0. The van der Waals surface area contributed by atoms with E-state index >= 15 is 0 Å². The molecule has 0 saturated heterocycles. The molecule has 6 heteroatoms. The second kappa shape index (κ2) is 5.13. The highest BCUT2D eigenvalue weighted by atomic mass is 79.9. The Morgan fingerprint density at radius 3 is 2.95 bits per heavy atom. The first-order chi connectivity index (χ1) is 9.65. The van der Waals surface area contributed by atoms with Crippen LogP contribution >= 0.6 is 15.9 Å². The molecular weight excluding hydrogens is 324 g/mol. The lowest BCUT2D eigenvalue weighted by molar-refractivity contribution is 0.0793.